The lowest BCUT2D eigenvalue weighted by Gasteiger charge is -2.14. The number of thiocarbonyl (C=S) groups is 1. The minimum absolute atomic E-state index is 0.155. The molecule has 0 atom stereocenters. The Morgan fingerprint density at radius 2 is 2.00 bits per heavy atom. The van der Waals surface area contributed by atoms with Gasteiger partial charge in [0.1, 0.15) is 10.1 Å². The van der Waals surface area contributed by atoms with Crippen molar-refractivity contribution >= 4 is 57.9 Å². The van der Waals surface area contributed by atoms with Crippen molar-refractivity contribution in [1.29, 1.82) is 0 Å². The molecule has 0 saturated carbocycles. The number of benzene rings is 2. The maximum Gasteiger partial charge on any atom is 0.341 e. The first-order chi connectivity index (χ1) is 13.3. The van der Waals surface area contributed by atoms with Crippen LogP contribution in [0.3, 0.4) is 0 Å². The Kier molecular flexibility index (Phi) is 6.39. The van der Waals surface area contributed by atoms with E-state index in [1.54, 1.807) is 29.2 Å². The zero-order chi connectivity index (χ0) is 20.3. The van der Waals surface area contributed by atoms with Gasteiger partial charge in [0.05, 0.1) is 16.5 Å². The molecule has 2 aromatic carbocycles. The Morgan fingerprint density at radius 3 is 2.64 bits per heavy atom. The van der Waals surface area contributed by atoms with Gasteiger partial charge in [-0.1, -0.05) is 71.5 Å². The summed E-state index contributed by atoms with van der Waals surface area (Å²) in [6.45, 7) is 1.96. The summed E-state index contributed by atoms with van der Waals surface area (Å²) in [7, 11) is 0. The van der Waals surface area contributed by atoms with E-state index in [2.05, 4.69) is 0 Å². The van der Waals surface area contributed by atoms with Gasteiger partial charge >= 0.3 is 5.97 Å². The number of hydrogen-bond donors (Lipinski definition) is 1. The summed E-state index contributed by atoms with van der Waals surface area (Å²) in [6.07, 6.45) is 1.71. The number of aryl methyl sites for hydroxylation is 1. The minimum Gasteiger partial charge on any atom is -0.480 e. The highest BCUT2D eigenvalue weighted by molar-refractivity contribution is 8.26. The molecule has 28 heavy (non-hydrogen) atoms. The summed E-state index contributed by atoms with van der Waals surface area (Å²) in [5.41, 5.74) is 2.86. The Labute approximate surface area is 176 Å². The van der Waals surface area contributed by atoms with Gasteiger partial charge in [-0.25, -0.2) is 4.79 Å². The largest absolute Gasteiger partial charge is 0.480 e. The van der Waals surface area contributed by atoms with E-state index in [4.69, 9.17) is 33.7 Å². The quantitative estimate of drug-likeness (QED) is 0.534. The molecule has 0 unspecified atom stereocenters. The average molecular weight is 434 g/mol. The molecule has 1 aliphatic rings. The molecule has 1 saturated heterocycles. The number of aliphatic carboxylic acids is 1. The molecule has 144 valence electrons. The normalized spacial score (nSPS) is 15.4. The summed E-state index contributed by atoms with van der Waals surface area (Å²) >= 11 is 12.7. The molecular formula is C20H16ClNO4S2. The van der Waals surface area contributed by atoms with Crippen molar-refractivity contribution in [1.82, 2.24) is 4.90 Å². The van der Waals surface area contributed by atoms with Gasteiger partial charge in [-0.3, -0.25) is 9.69 Å². The summed E-state index contributed by atoms with van der Waals surface area (Å²) < 4.78 is 5.60. The van der Waals surface area contributed by atoms with Crippen LogP contribution in [0, 0.1) is 6.92 Å². The van der Waals surface area contributed by atoms with Crippen LogP contribution in [0.5, 0.6) is 5.75 Å². The number of thioether (sulfide) groups is 1. The lowest BCUT2D eigenvalue weighted by molar-refractivity contribution is -0.139. The summed E-state index contributed by atoms with van der Waals surface area (Å²) in [5.74, 6) is -0.969. The van der Waals surface area contributed by atoms with Crippen molar-refractivity contribution in [2.45, 2.75) is 13.5 Å². The number of ether oxygens (including phenoxy) is 1. The fourth-order valence-corrected chi connectivity index (χ4v) is 4.03. The molecule has 1 N–H and O–H groups in total. The van der Waals surface area contributed by atoms with E-state index in [0.717, 1.165) is 11.1 Å². The van der Waals surface area contributed by atoms with Crippen molar-refractivity contribution in [3.8, 4) is 5.75 Å². The monoisotopic (exact) mass is 433 g/mol. The standard InChI is InChI=1S/C20H16ClNO4S2/c1-12-2-4-13(5-3-12)10-22-19(25)17(28-20(22)27)9-14-6-7-16(15(21)8-14)26-11-18(23)24/h2-9H,10-11H2,1H3,(H,23,24)/b17-9-. The molecule has 0 bridgehead atoms. The van der Waals surface area contributed by atoms with Crippen LogP contribution in [-0.4, -0.2) is 32.8 Å². The van der Waals surface area contributed by atoms with Crippen LogP contribution in [0.1, 0.15) is 16.7 Å². The smallest absolute Gasteiger partial charge is 0.341 e. The van der Waals surface area contributed by atoms with E-state index in [1.165, 1.54) is 11.8 Å². The third-order valence-corrected chi connectivity index (χ3v) is 5.61. The van der Waals surface area contributed by atoms with Crippen LogP contribution in [0.2, 0.25) is 5.02 Å². The van der Waals surface area contributed by atoms with E-state index in [1.807, 2.05) is 31.2 Å². The Hall–Kier alpha value is -2.35. The first-order valence-electron chi connectivity index (χ1n) is 8.28. The fourth-order valence-electron chi connectivity index (χ4n) is 2.53. The molecule has 8 heteroatoms. The van der Waals surface area contributed by atoms with E-state index in [-0.39, 0.29) is 16.7 Å². The zero-order valence-corrected chi connectivity index (χ0v) is 17.2. The van der Waals surface area contributed by atoms with Gasteiger partial charge in [0.25, 0.3) is 5.91 Å². The molecule has 1 heterocycles. The minimum atomic E-state index is -1.09. The first-order valence-corrected chi connectivity index (χ1v) is 9.89. The first kappa shape index (κ1) is 20.4. The molecule has 1 amide bonds. The summed E-state index contributed by atoms with van der Waals surface area (Å²) in [4.78, 5) is 25.4. The second-order valence-electron chi connectivity index (χ2n) is 6.13. The van der Waals surface area contributed by atoms with Gasteiger partial charge in [-0.15, -0.1) is 0 Å². The number of hydrogen-bond acceptors (Lipinski definition) is 5. The second kappa shape index (κ2) is 8.77. The molecule has 2 aromatic rings. The van der Waals surface area contributed by atoms with Crippen molar-refractivity contribution in [3.05, 3.63) is 69.1 Å². The lowest BCUT2D eigenvalue weighted by Crippen LogP contribution is -2.27. The molecular weight excluding hydrogens is 418 g/mol. The SMILES string of the molecule is Cc1ccc(CN2C(=O)/C(=C/c3ccc(OCC(=O)O)c(Cl)c3)SC2=S)cc1. The molecule has 0 aliphatic carbocycles. The number of halogens is 1. The van der Waals surface area contributed by atoms with Crippen LogP contribution in [0.25, 0.3) is 6.08 Å². The number of carbonyl (C=O) groups excluding carboxylic acids is 1. The second-order valence-corrected chi connectivity index (χ2v) is 8.21. The van der Waals surface area contributed by atoms with E-state index < -0.39 is 12.6 Å². The molecule has 1 aliphatic heterocycles. The van der Waals surface area contributed by atoms with Crippen molar-refractivity contribution in [3.63, 3.8) is 0 Å². The van der Waals surface area contributed by atoms with Gasteiger partial charge in [0.15, 0.2) is 6.61 Å². The average Bonchev–Trinajstić information content (AvgIpc) is 2.90. The van der Waals surface area contributed by atoms with Crippen molar-refractivity contribution in [2.75, 3.05) is 6.61 Å². The number of amides is 1. The maximum absolute atomic E-state index is 12.7. The van der Waals surface area contributed by atoms with Gasteiger partial charge in [0.2, 0.25) is 0 Å². The molecule has 0 radical (unpaired) electrons. The van der Waals surface area contributed by atoms with E-state index >= 15 is 0 Å². The van der Waals surface area contributed by atoms with Crippen molar-refractivity contribution in [2.24, 2.45) is 0 Å². The zero-order valence-electron chi connectivity index (χ0n) is 14.8. The Balaban J connectivity index is 1.75. The highest BCUT2D eigenvalue weighted by Crippen LogP contribution is 2.35. The molecule has 1 fully saturated rings. The van der Waals surface area contributed by atoms with Gasteiger partial charge in [0, 0.05) is 0 Å². The van der Waals surface area contributed by atoms with Gasteiger partial charge in [-0.2, -0.15) is 0 Å². The third-order valence-electron chi connectivity index (χ3n) is 3.94. The van der Waals surface area contributed by atoms with E-state index in [0.29, 0.717) is 21.3 Å². The van der Waals surface area contributed by atoms with Crippen LogP contribution in [-0.2, 0) is 16.1 Å². The molecule has 0 spiro atoms. The number of rotatable bonds is 6. The van der Waals surface area contributed by atoms with Crippen LogP contribution >= 0.6 is 35.6 Å². The van der Waals surface area contributed by atoms with Gasteiger partial charge in [-0.05, 0) is 36.3 Å². The predicted molar refractivity (Wildman–Crippen MR) is 114 cm³/mol. The predicted octanol–water partition coefficient (Wildman–Crippen LogP) is 4.51. The topological polar surface area (TPSA) is 66.8 Å². The Morgan fingerprint density at radius 1 is 1.29 bits per heavy atom. The number of nitrogens with zero attached hydrogens (tertiary/aromatic N) is 1. The van der Waals surface area contributed by atoms with E-state index in [9.17, 15) is 9.59 Å². The number of carboxylic acids is 1. The van der Waals surface area contributed by atoms with Crippen LogP contribution < -0.4 is 4.74 Å². The maximum atomic E-state index is 12.7. The third kappa shape index (κ3) is 4.92. The van der Waals surface area contributed by atoms with Crippen LogP contribution in [0.4, 0.5) is 0 Å². The number of carboxylic acid groups (broad SMARTS) is 1. The number of carbonyl (C=O) groups is 2. The Bertz CT molecular complexity index is 973. The fraction of sp³-hybridized carbons (Fsp3) is 0.150. The lowest BCUT2D eigenvalue weighted by atomic mass is 10.1. The van der Waals surface area contributed by atoms with Gasteiger partial charge < -0.3 is 9.84 Å². The molecule has 5 nitrogen and oxygen atoms in total. The highest BCUT2D eigenvalue weighted by atomic mass is 35.5. The highest BCUT2D eigenvalue weighted by Gasteiger charge is 2.32. The molecule has 3 rings (SSSR count). The van der Waals surface area contributed by atoms with Crippen LogP contribution in [0.15, 0.2) is 47.4 Å². The molecule has 0 aromatic heterocycles. The van der Waals surface area contributed by atoms with Crippen molar-refractivity contribution < 1.29 is 19.4 Å². The summed E-state index contributed by atoms with van der Waals surface area (Å²) in [6, 6.07) is 12.9. The summed E-state index contributed by atoms with van der Waals surface area (Å²) in [5, 5.41) is 8.94.